The van der Waals surface area contributed by atoms with Gasteiger partial charge in [0.15, 0.2) is 11.5 Å². The molecule has 10 heteroatoms. The minimum absolute atomic E-state index is 0.0606. The molecule has 4 rings (SSSR count). The number of carbonyl (C=O) groups is 4. The summed E-state index contributed by atoms with van der Waals surface area (Å²) in [7, 11) is 1.43. The van der Waals surface area contributed by atoms with Crippen LogP contribution in [-0.4, -0.2) is 48.6 Å². The van der Waals surface area contributed by atoms with Crippen LogP contribution < -0.4 is 20.1 Å². The molecule has 0 fully saturated rings. The molecule has 0 saturated carbocycles. The summed E-state index contributed by atoms with van der Waals surface area (Å²) in [5.74, 6) is -2.14. The molecule has 3 unspecified atom stereocenters. The number of nitrogens with one attached hydrogen (secondary N) is 2. The smallest absolute Gasteiger partial charge is 0.326 e. The van der Waals surface area contributed by atoms with Crippen molar-refractivity contribution in [3.63, 3.8) is 0 Å². The fourth-order valence-corrected chi connectivity index (χ4v) is 5.79. The maximum atomic E-state index is 13.2. The second kappa shape index (κ2) is 19.7. The number of hydrogen-bond donors (Lipinski definition) is 3. The quantitative estimate of drug-likeness (QED) is 0.0661. The highest BCUT2D eigenvalue weighted by Crippen LogP contribution is 2.31. The van der Waals surface area contributed by atoms with Crippen LogP contribution in [0.5, 0.6) is 11.5 Å². The number of aliphatic carboxylic acids is 1. The molecule has 3 atom stereocenters. The molecule has 51 heavy (non-hydrogen) atoms. The van der Waals surface area contributed by atoms with Gasteiger partial charge in [-0.05, 0) is 72.9 Å². The van der Waals surface area contributed by atoms with Gasteiger partial charge in [-0.25, -0.2) is 4.79 Å². The minimum atomic E-state index is -1.27. The number of carboxylic acid groups (broad SMARTS) is 1. The third-order valence-corrected chi connectivity index (χ3v) is 8.69. The van der Waals surface area contributed by atoms with E-state index in [0.717, 1.165) is 24.2 Å². The largest absolute Gasteiger partial charge is 0.494 e. The summed E-state index contributed by atoms with van der Waals surface area (Å²) in [5.41, 5.74) is 2.05. The van der Waals surface area contributed by atoms with Crippen molar-refractivity contribution in [2.24, 2.45) is 5.92 Å². The molecule has 3 aromatic rings. The average Bonchev–Trinajstić information content (AvgIpc) is 3.14. The monoisotopic (exact) mass is 696 g/mol. The molecule has 0 bridgehead atoms. The predicted molar refractivity (Wildman–Crippen MR) is 196 cm³/mol. The maximum absolute atomic E-state index is 13.2. The lowest BCUT2D eigenvalue weighted by atomic mass is 9.95. The summed E-state index contributed by atoms with van der Waals surface area (Å²) in [5, 5.41) is 15.4. The second-order valence-electron chi connectivity index (χ2n) is 12.5. The van der Waals surface area contributed by atoms with Crippen LogP contribution in [-0.2, 0) is 25.5 Å². The maximum Gasteiger partial charge on any atom is 0.326 e. The first-order valence-corrected chi connectivity index (χ1v) is 17.6. The zero-order chi connectivity index (χ0) is 36.6. The van der Waals surface area contributed by atoms with E-state index in [1.165, 1.54) is 32.4 Å². The first kappa shape index (κ1) is 38.4. The molecule has 3 N–H and O–H groups in total. The van der Waals surface area contributed by atoms with Gasteiger partial charge in [-0.1, -0.05) is 88.1 Å². The molecular weight excluding hydrogens is 648 g/mol. The van der Waals surface area contributed by atoms with Crippen LogP contribution in [0.25, 0.3) is 0 Å². The third kappa shape index (κ3) is 11.6. The number of carboxylic acids is 1. The van der Waals surface area contributed by atoms with Gasteiger partial charge in [-0.15, -0.1) is 0 Å². The number of anilines is 1. The summed E-state index contributed by atoms with van der Waals surface area (Å²) >= 11 is 0. The molecule has 0 saturated heterocycles. The van der Waals surface area contributed by atoms with Gasteiger partial charge < -0.3 is 30.0 Å². The van der Waals surface area contributed by atoms with Crippen molar-refractivity contribution in [1.82, 2.24) is 5.32 Å². The van der Waals surface area contributed by atoms with E-state index >= 15 is 0 Å². The first-order valence-electron chi connectivity index (χ1n) is 17.6. The van der Waals surface area contributed by atoms with Crippen molar-refractivity contribution >= 4 is 29.4 Å². The van der Waals surface area contributed by atoms with Crippen molar-refractivity contribution < 1.29 is 38.5 Å². The highest BCUT2D eigenvalue weighted by molar-refractivity contribution is 6.00. The van der Waals surface area contributed by atoms with Crippen LogP contribution in [0, 0.1) is 5.92 Å². The van der Waals surface area contributed by atoms with Crippen molar-refractivity contribution in [1.29, 1.82) is 0 Å². The Kier molecular flexibility index (Phi) is 14.9. The number of benzene rings is 3. The molecular formula is C41H48N2O8. The van der Waals surface area contributed by atoms with Crippen molar-refractivity contribution in [3.05, 3.63) is 113 Å². The molecule has 0 aromatic heterocycles. The van der Waals surface area contributed by atoms with Gasteiger partial charge in [0.25, 0.3) is 5.91 Å². The Balaban J connectivity index is 1.33. The van der Waals surface area contributed by atoms with E-state index in [0.29, 0.717) is 30.7 Å². The lowest BCUT2D eigenvalue weighted by Crippen LogP contribution is -2.42. The molecule has 0 spiro atoms. The number of esters is 1. The molecule has 0 heterocycles. The number of hydrogen-bond acceptors (Lipinski definition) is 7. The predicted octanol–water partition coefficient (Wildman–Crippen LogP) is 7.61. The molecule has 1 aliphatic carbocycles. The van der Waals surface area contributed by atoms with E-state index < -0.39 is 29.8 Å². The molecule has 270 valence electrons. The van der Waals surface area contributed by atoms with Crippen LogP contribution in [0.15, 0.2) is 96.8 Å². The normalized spacial score (nSPS) is 14.8. The van der Waals surface area contributed by atoms with E-state index in [4.69, 9.17) is 14.2 Å². The summed E-state index contributed by atoms with van der Waals surface area (Å²) in [6, 6.07) is 19.3. The van der Waals surface area contributed by atoms with E-state index in [1.54, 1.807) is 48.6 Å². The molecule has 0 radical (unpaired) electrons. The average molecular weight is 697 g/mol. The van der Waals surface area contributed by atoms with Crippen LogP contribution in [0.1, 0.15) is 86.2 Å². The fraction of sp³-hybridized carbons (Fsp3) is 0.366. The van der Waals surface area contributed by atoms with Gasteiger partial charge >= 0.3 is 11.9 Å². The first-order chi connectivity index (χ1) is 24.7. The molecule has 3 aromatic carbocycles. The zero-order valence-corrected chi connectivity index (χ0v) is 29.6. The Morgan fingerprint density at radius 3 is 2.37 bits per heavy atom. The van der Waals surface area contributed by atoms with Crippen molar-refractivity contribution in [2.75, 3.05) is 19.0 Å². The van der Waals surface area contributed by atoms with Gasteiger partial charge in [0.2, 0.25) is 5.91 Å². The van der Waals surface area contributed by atoms with Gasteiger partial charge in [-0.2, -0.15) is 0 Å². The van der Waals surface area contributed by atoms with Gasteiger partial charge in [0.1, 0.15) is 11.8 Å². The van der Waals surface area contributed by atoms with Crippen LogP contribution in [0.3, 0.4) is 0 Å². The SMILES string of the molecule is CCCCCCCOC1=CCC(C(=O)Oc2ccc(CC(NC(=O)c3cccc(NC(=O)C(CC)c4ccccc4)c3)C(=O)O)cc2OC)C=C1. The van der Waals surface area contributed by atoms with Gasteiger partial charge in [0, 0.05) is 17.7 Å². The second-order valence-corrected chi connectivity index (χ2v) is 12.5. The Bertz CT molecular complexity index is 1700. The number of amides is 2. The highest BCUT2D eigenvalue weighted by Gasteiger charge is 2.25. The summed E-state index contributed by atoms with van der Waals surface area (Å²) < 4.78 is 16.9. The lowest BCUT2D eigenvalue weighted by molar-refractivity contribution is -0.139. The number of allylic oxidation sites excluding steroid dienone is 2. The van der Waals surface area contributed by atoms with Crippen LogP contribution in [0.4, 0.5) is 5.69 Å². The van der Waals surface area contributed by atoms with Crippen LogP contribution >= 0.6 is 0 Å². The molecule has 2 amide bonds. The van der Waals surface area contributed by atoms with Gasteiger partial charge in [0.05, 0.1) is 25.6 Å². The number of carbonyl (C=O) groups excluding carboxylic acids is 3. The highest BCUT2D eigenvalue weighted by atomic mass is 16.6. The van der Waals surface area contributed by atoms with E-state index in [1.807, 2.05) is 43.3 Å². The third-order valence-electron chi connectivity index (χ3n) is 8.69. The standard InChI is InChI=1S/C41H48N2O8/c1-4-6-7-8-12-24-50-33-21-19-30(20-22-33)41(48)51-36-23-18-28(26-37(36)49-3)25-35(40(46)47)43-38(44)31-16-13-17-32(27-31)42-39(45)34(5-2)29-14-10-9-11-15-29/h9-11,13-19,21-23,26-27,30,34-35H,4-8,12,20,24-25H2,1-3H3,(H,42,45)(H,43,44)(H,46,47). The molecule has 1 aliphatic rings. The Labute approximate surface area is 299 Å². The number of rotatable bonds is 19. The fourth-order valence-electron chi connectivity index (χ4n) is 5.79. The molecule has 0 aliphatic heterocycles. The summed E-state index contributed by atoms with van der Waals surface area (Å²) in [6.45, 7) is 4.76. The minimum Gasteiger partial charge on any atom is -0.494 e. The van der Waals surface area contributed by atoms with Crippen molar-refractivity contribution in [2.45, 2.75) is 77.2 Å². The lowest BCUT2D eigenvalue weighted by Gasteiger charge is -2.18. The van der Waals surface area contributed by atoms with Crippen LogP contribution in [0.2, 0.25) is 0 Å². The summed E-state index contributed by atoms with van der Waals surface area (Å²) in [6.07, 6.45) is 12.2. The number of ether oxygens (including phenoxy) is 3. The molecule has 10 nitrogen and oxygen atoms in total. The van der Waals surface area contributed by atoms with E-state index in [9.17, 15) is 24.3 Å². The van der Waals surface area contributed by atoms with Gasteiger partial charge in [-0.3, -0.25) is 14.4 Å². The Morgan fingerprint density at radius 2 is 1.69 bits per heavy atom. The van der Waals surface area contributed by atoms with E-state index in [-0.39, 0.29) is 35.3 Å². The van der Waals surface area contributed by atoms with E-state index in [2.05, 4.69) is 17.6 Å². The topological polar surface area (TPSA) is 140 Å². The zero-order valence-electron chi connectivity index (χ0n) is 29.6. The number of unbranched alkanes of at least 4 members (excludes halogenated alkanes) is 4. The summed E-state index contributed by atoms with van der Waals surface area (Å²) in [4.78, 5) is 51.4. The Hall–Kier alpha value is -5.38. The van der Waals surface area contributed by atoms with Crippen molar-refractivity contribution in [3.8, 4) is 11.5 Å². The number of methoxy groups -OCH3 is 1. The Morgan fingerprint density at radius 1 is 0.902 bits per heavy atom.